The summed E-state index contributed by atoms with van der Waals surface area (Å²) in [6.07, 6.45) is 0. The van der Waals surface area contributed by atoms with E-state index in [0.29, 0.717) is 5.56 Å². The third-order valence-electron chi connectivity index (χ3n) is 2.16. The number of H-pyrrole nitrogens is 1. The number of nitrogens with one attached hydrogen (secondary N) is 2. The van der Waals surface area contributed by atoms with Gasteiger partial charge in [-0.25, -0.2) is 8.42 Å². The van der Waals surface area contributed by atoms with Gasteiger partial charge in [0.1, 0.15) is 4.21 Å². The smallest absolute Gasteiger partial charge is 0.250 e. The highest BCUT2D eigenvalue weighted by Gasteiger charge is 2.22. The summed E-state index contributed by atoms with van der Waals surface area (Å²) in [5.74, 6) is 0.262. The number of aromatic amines is 1. The molecule has 3 N–H and O–H groups in total. The van der Waals surface area contributed by atoms with Crippen LogP contribution >= 0.6 is 11.3 Å². The molecule has 0 saturated heterocycles. The van der Waals surface area contributed by atoms with Crippen molar-refractivity contribution in [3.05, 3.63) is 22.8 Å². The fourth-order valence-electron chi connectivity index (χ4n) is 1.27. The number of thiophene rings is 1. The van der Waals surface area contributed by atoms with Gasteiger partial charge in [-0.1, -0.05) is 5.21 Å². The van der Waals surface area contributed by atoms with E-state index in [1.165, 1.54) is 6.07 Å². The van der Waals surface area contributed by atoms with Crippen molar-refractivity contribution in [3.63, 3.8) is 0 Å². The van der Waals surface area contributed by atoms with Crippen molar-refractivity contribution >= 4 is 21.4 Å². The van der Waals surface area contributed by atoms with Crippen LogP contribution in [0.2, 0.25) is 0 Å². The molecular weight excluding hydrogens is 278 g/mol. The van der Waals surface area contributed by atoms with E-state index in [0.717, 1.165) is 11.3 Å². The molecule has 2 rings (SSSR count). The number of sulfonamides is 1. The van der Waals surface area contributed by atoms with Crippen LogP contribution in [-0.4, -0.2) is 34.1 Å². The molecule has 0 amide bonds. The molecule has 0 aromatic carbocycles. The minimum atomic E-state index is -3.64. The molecule has 0 spiro atoms. The minimum absolute atomic E-state index is 0.141. The predicted molar refractivity (Wildman–Crippen MR) is 63.2 cm³/mol. The normalized spacial score (nSPS) is 13.7. The molecule has 2 heterocycles. The van der Waals surface area contributed by atoms with Gasteiger partial charge in [0.05, 0.1) is 12.6 Å². The van der Waals surface area contributed by atoms with E-state index in [-0.39, 0.29) is 16.6 Å². The molecule has 0 fully saturated rings. The molecule has 2 aromatic heterocycles. The molecule has 0 radical (unpaired) electrons. The van der Waals surface area contributed by atoms with Gasteiger partial charge in [0.2, 0.25) is 0 Å². The van der Waals surface area contributed by atoms with Crippen LogP contribution in [-0.2, 0) is 16.6 Å². The zero-order chi connectivity index (χ0) is 13.2. The van der Waals surface area contributed by atoms with E-state index in [2.05, 4.69) is 25.3 Å². The van der Waals surface area contributed by atoms with E-state index in [9.17, 15) is 8.42 Å². The topological polar surface area (TPSA) is 121 Å². The van der Waals surface area contributed by atoms with Crippen LogP contribution in [0.4, 0.5) is 0 Å². The summed E-state index contributed by atoms with van der Waals surface area (Å²) in [5.41, 5.74) is 0.563. The van der Waals surface area contributed by atoms with Crippen molar-refractivity contribution < 1.29 is 13.5 Å². The SMILES string of the molecule is CC(NS(=O)(=O)c1cc(CO)cs1)c1nn[nH]n1. The maximum absolute atomic E-state index is 12.0. The summed E-state index contributed by atoms with van der Waals surface area (Å²) in [6.45, 7) is 1.43. The monoisotopic (exact) mass is 289 g/mol. The number of tetrazole rings is 1. The molecule has 0 saturated carbocycles. The van der Waals surface area contributed by atoms with E-state index in [4.69, 9.17) is 5.11 Å². The first-order valence-electron chi connectivity index (χ1n) is 4.97. The van der Waals surface area contributed by atoms with Gasteiger partial charge in [-0.05, 0) is 23.9 Å². The number of aliphatic hydroxyl groups excluding tert-OH is 1. The Balaban J connectivity index is 2.17. The van der Waals surface area contributed by atoms with E-state index in [1.54, 1.807) is 12.3 Å². The highest BCUT2D eigenvalue weighted by atomic mass is 32.2. The summed E-state index contributed by atoms with van der Waals surface area (Å²) in [7, 11) is -3.64. The molecule has 0 aliphatic heterocycles. The van der Waals surface area contributed by atoms with Gasteiger partial charge in [0, 0.05) is 0 Å². The van der Waals surface area contributed by atoms with Crippen LogP contribution in [0.5, 0.6) is 0 Å². The average Bonchev–Trinajstić information content (AvgIpc) is 3.00. The Labute approximate surface area is 107 Å². The fourth-order valence-corrected chi connectivity index (χ4v) is 3.69. The highest BCUT2D eigenvalue weighted by molar-refractivity contribution is 7.91. The van der Waals surface area contributed by atoms with Crippen molar-refractivity contribution in [1.82, 2.24) is 25.3 Å². The first-order chi connectivity index (χ1) is 8.53. The lowest BCUT2D eigenvalue weighted by Crippen LogP contribution is -2.27. The standard InChI is InChI=1S/C8H11N5O3S2/c1-5(8-9-12-13-10-8)11-18(15,16)7-2-6(3-14)4-17-7/h2,4-5,11,14H,3H2,1H3,(H,9,10,12,13). The van der Waals surface area contributed by atoms with Gasteiger partial charge >= 0.3 is 0 Å². The summed E-state index contributed by atoms with van der Waals surface area (Å²) in [6, 6.07) is 0.837. The van der Waals surface area contributed by atoms with Crippen molar-refractivity contribution in [3.8, 4) is 0 Å². The second-order valence-electron chi connectivity index (χ2n) is 3.55. The van der Waals surface area contributed by atoms with Crippen LogP contribution in [0.25, 0.3) is 0 Å². The minimum Gasteiger partial charge on any atom is -0.392 e. The maximum atomic E-state index is 12.0. The van der Waals surface area contributed by atoms with Gasteiger partial charge in [0.15, 0.2) is 5.82 Å². The lowest BCUT2D eigenvalue weighted by atomic mass is 10.4. The highest BCUT2D eigenvalue weighted by Crippen LogP contribution is 2.21. The molecule has 2 aromatic rings. The summed E-state index contributed by atoms with van der Waals surface area (Å²) < 4.78 is 26.6. The summed E-state index contributed by atoms with van der Waals surface area (Å²) >= 11 is 1.05. The number of rotatable bonds is 5. The zero-order valence-electron chi connectivity index (χ0n) is 9.36. The van der Waals surface area contributed by atoms with Gasteiger partial charge < -0.3 is 5.11 Å². The van der Waals surface area contributed by atoms with Gasteiger partial charge in [-0.15, -0.1) is 21.5 Å². The molecular formula is C8H11N5O3S2. The molecule has 18 heavy (non-hydrogen) atoms. The Morgan fingerprint density at radius 3 is 2.94 bits per heavy atom. The van der Waals surface area contributed by atoms with Crippen LogP contribution < -0.4 is 4.72 Å². The molecule has 0 aliphatic carbocycles. The summed E-state index contributed by atoms with van der Waals surface area (Å²) in [5, 5.41) is 23.5. The lowest BCUT2D eigenvalue weighted by Gasteiger charge is -2.08. The second kappa shape index (κ2) is 5.10. The van der Waals surface area contributed by atoms with E-state index in [1.807, 2.05) is 0 Å². The third-order valence-corrected chi connectivity index (χ3v) is 5.19. The van der Waals surface area contributed by atoms with E-state index < -0.39 is 16.1 Å². The number of hydrogen-bond acceptors (Lipinski definition) is 7. The summed E-state index contributed by atoms with van der Waals surface area (Å²) in [4.78, 5) is 0. The van der Waals surface area contributed by atoms with E-state index >= 15 is 0 Å². The van der Waals surface area contributed by atoms with Crippen LogP contribution in [0.3, 0.4) is 0 Å². The van der Waals surface area contributed by atoms with Crippen molar-refractivity contribution in [2.45, 2.75) is 23.8 Å². The van der Waals surface area contributed by atoms with Gasteiger partial charge in [-0.2, -0.15) is 9.94 Å². The predicted octanol–water partition coefficient (Wildman–Crippen LogP) is -0.207. The van der Waals surface area contributed by atoms with Crippen molar-refractivity contribution in [2.75, 3.05) is 0 Å². The van der Waals surface area contributed by atoms with Crippen molar-refractivity contribution in [1.29, 1.82) is 0 Å². The molecule has 98 valence electrons. The molecule has 0 bridgehead atoms. The fraction of sp³-hybridized carbons (Fsp3) is 0.375. The Morgan fingerprint density at radius 2 is 2.39 bits per heavy atom. The quantitative estimate of drug-likeness (QED) is 0.700. The molecule has 1 atom stereocenters. The Morgan fingerprint density at radius 1 is 1.61 bits per heavy atom. The number of hydrogen-bond donors (Lipinski definition) is 3. The van der Waals surface area contributed by atoms with Crippen molar-refractivity contribution in [2.24, 2.45) is 0 Å². The molecule has 0 aliphatic rings. The van der Waals surface area contributed by atoms with Gasteiger partial charge in [-0.3, -0.25) is 0 Å². The van der Waals surface area contributed by atoms with Crippen LogP contribution in [0.1, 0.15) is 24.4 Å². The third kappa shape index (κ3) is 2.72. The first kappa shape index (κ1) is 13.1. The lowest BCUT2D eigenvalue weighted by molar-refractivity contribution is 0.282. The largest absolute Gasteiger partial charge is 0.392 e. The van der Waals surface area contributed by atoms with Gasteiger partial charge in [0.25, 0.3) is 10.0 Å². The number of aromatic nitrogens is 4. The Bertz CT molecular complexity index is 606. The zero-order valence-corrected chi connectivity index (χ0v) is 11.0. The average molecular weight is 289 g/mol. The Hall–Kier alpha value is -1.36. The first-order valence-corrected chi connectivity index (χ1v) is 7.33. The van der Waals surface area contributed by atoms with Crippen LogP contribution in [0, 0.1) is 0 Å². The Kier molecular flexibility index (Phi) is 3.71. The second-order valence-corrected chi connectivity index (χ2v) is 6.40. The number of nitrogens with zero attached hydrogens (tertiary/aromatic N) is 3. The number of aliphatic hydroxyl groups is 1. The maximum Gasteiger partial charge on any atom is 0.250 e. The molecule has 10 heteroatoms. The molecule has 8 nitrogen and oxygen atoms in total. The molecule has 1 unspecified atom stereocenters. The van der Waals surface area contributed by atoms with Crippen LogP contribution in [0.15, 0.2) is 15.7 Å².